The van der Waals surface area contributed by atoms with E-state index < -0.39 is 0 Å². The minimum atomic E-state index is 0.369. The molecule has 0 unspecified atom stereocenters. The van der Waals surface area contributed by atoms with Gasteiger partial charge in [0.1, 0.15) is 5.72 Å². The van der Waals surface area contributed by atoms with E-state index in [4.69, 9.17) is 0 Å². The molecule has 8 heavy (non-hydrogen) atoms. The molecule has 4 nitrogen and oxygen atoms in total. The number of hydrogen-bond acceptors (Lipinski definition) is 3. The van der Waals surface area contributed by atoms with Gasteiger partial charge in [-0.1, -0.05) is 18.9 Å². The van der Waals surface area contributed by atoms with Crippen molar-refractivity contribution in [3.05, 3.63) is 0 Å². The molecule has 0 bridgehead atoms. The zero-order valence-electron chi connectivity index (χ0n) is 4.92. The first kappa shape index (κ1) is 5.28. The van der Waals surface area contributed by atoms with Gasteiger partial charge in [-0.25, -0.2) is 0 Å². The minimum Gasteiger partial charge on any atom is -0.178 e. The Kier molecular flexibility index (Phi) is 1.28. The van der Waals surface area contributed by atoms with E-state index in [0.717, 1.165) is 5.72 Å². The van der Waals surface area contributed by atoms with Crippen LogP contribution in [0.5, 0.6) is 0 Å². The first-order valence-corrected chi connectivity index (χ1v) is 2.54. The summed E-state index contributed by atoms with van der Waals surface area (Å²) in [6.45, 7) is 4.41. The number of tetrazole rings is 1. The average molecular weight is 110 g/mol. The molecule has 0 aliphatic carbocycles. The van der Waals surface area contributed by atoms with Crippen LogP contribution in [0.3, 0.4) is 0 Å². The van der Waals surface area contributed by atoms with Gasteiger partial charge in [0.25, 0.3) is 0 Å². The molecular formula is C3H7BN4. The van der Waals surface area contributed by atoms with Gasteiger partial charge >= 0.3 is 0 Å². The summed E-state index contributed by atoms with van der Waals surface area (Å²) < 4.78 is 0. The summed E-state index contributed by atoms with van der Waals surface area (Å²) in [6, 6.07) is 0. The Morgan fingerprint density at radius 2 is 2.25 bits per heavy atom. The fourth-order valence-electron chi connectivity index (χ4n) is 0.414. The van der Waals surface area contributed by atoms with Crippen molar-refractivity contribution in [1.29, 1.82) is 0 Å². The zero-order valence-corrected chi connectivity index (χ0v) is 4.92. The molecule has 1 heterocycles. The van der Waals surface area contributed by atoms with Crippen LogP contribution >= 0.6 is 0 Å². The van der Waals surface area contributed by atoms with Crippen molar-refractivity contribution in [2.45, 2.75) is 13.6 Å². The van der Waals surface area contributed by atoms with Crippen LogP contribution in [0, 0.1) is 0 Å². The molecule has 0 amide bonds. The monoisotopic (exact) mass is 110 g/mol. The van der Waals surface area contributed by atoms with E-state index in [1.165, 1.54) is 0 Å². The van der Waals surface area contributed by atoms with E-state index in [1.54, 1.807) is 0 Å². The second-order valence-corrected chi connectivity index (χ2v) is 1.92. The van der Waals surface area contributed by atoms with E-state index in [-0.39, 0.29) is 0 Å². The Morgan fingerprint density at radius 3 is 2.50 bits per heavy atom. The third-order valence-corrected chi connectivity index (χ3v) is 0.878. The number of aromatic amines is 1. The van der Waals surface area contributed by atoms with Crippen LogP contribution in [0.4, 0.5) is 0 Å². The van der Waals surface area contributed by atoms with Crippen molar-refractivity contribution in [3.63, 3.8) is 0 Å². The number of aromatic nitrogens is 4. The maximum atomic E-state index is 3.77. The summed E-state index contributed by atoms with van der Waals surface area (Å²) in [5, 5.41) is 13.3. The summed E-state index contributed by atoms with van der Waals surface area (Å²) in [7, 11) is 0. The standard InChI is InChI=1S/C3H7BN4/c1-4(2)3-5-7-8-6-3/h1-2H3,(H,5,6,7,8). The Hall–Kier alpha value is -0.865. The van der Waals surface area contributed by atoms with Crippen molar-refractivity contribution in [2.24, 2.45) is 0 Å². The van der Waals surface area contributed by atoms with E-state index >= 15 is 0 Å². The molecule has 0 aliphatic heterocycles. The van der Waals surface area contributed by atoms with Gasteiger partial charge in [0.2, 0.25) is 6.71 Å². The molecule has 1 aromatic rings. The van der Waals surface area contributed by atoms with Crippen LogP contribution in [-0.4, -0.2) is 27.3 Å². The van der Waals surface area contributed by atoms with Crippen molar-refractivity contribution in [1.82, 2.24) is 20.6 Å². The average Bonchev–Trinajstić information content (AvgIpc) is 2.12. The molecule has 5 heteroatoms. The molecule has 1 rings (SSSR count). The number of H-pyrrole nitrogens is 1. The lowest BCUT2D eigenvalue weighted by atomic mass is 9.54. The molecule has 0 spiro atoms. The largest absolute Gasteiger partial charge is 0.224 e. The predicted octanol–water partition coefficient (Wildman–Crippen LogP) is -0.839. The first-order valence-electron chi connectivity index (χ1n) is 2.54. The number of hydrogen-bond donors (Lipinski definition) is 1. The molecule has 1 aromatic heterocycles. The number of nitrogens with zero attached hydrogens (tertiary/aromatic N) is 3. The third-order valence-electron chi connectivity index (χ3n) is 0.878. The quantitative estimate of drug-likeness (QED) is 0.479. The lowest BCUT2D eigenvalue weighted by Gasteiger charge is -1.85. The van der Waals surface area contributed by atoms with E-state index in [9.17, 15) is 0 Å². The Labute approximate surface area is 47.8 Å². The molecular weight excluding hydrogens is 103 g/mol. The maximum Gasteiger partial charge on any atom is 0.224 e. The Bertz CT molecular complexity index is 146. The van der Waals surface area contributed by atoms with Gasteiger partial charge in [-0.05, 0) is 0 Å². The van der Waals surface area contributed by atoms with Crippen molar-refractivity contribution in [3.8, 4) is 0 Å². The molecule has 0 aliphatic rings. The highest BCUT2D eigenvalue weighted by atomic mass is 15.5. The van der Waals surface area contributed by atoms with E-state index in [2.05, 4.69) is 20.6 Å². The van der Waals surface area contributed by atoms with Gasteiger partial charge in [0, 0.05) is 0 Å². The van der Waals surface area contributed by atoms with Crippen LogP contribution in [0.2, 0.25) is 13.6 Å². The highest BCUT2D eigenvalue weighted by molar-refractivity contribution is 6.68. The molecule has 0 saturated carbocycles. The van der Waals surface area contributed by atoms with Gasteiger partial charge in [-0.3, -0.25) is 0 Å². The fraction of sp³-hybridized carbons (Fsp3) is 0.667. The second kappa shape index (κ2) is 1.94. The highest BCUT2D eigenvalue weighted by Gasteiger charge is 2.05. The molecule has 0 atom stereocenters. The molecule has 0 aromatic carbocycles. The van der Waals surface area contributed by atoms with Crippen LogP contribution < -0.4 is 5.72 Å². The van der Waals surface area contributed by atoms with Crippen LogP contribution in [0.1, 0.15) is 0 Å². The molecule has 1 N–H and O–H groups in total. The first-order chi connectivity index (χ1) is 3.80. The highest BCUT2D eigenvalue weighted by Crippen LogP contribution is 1.71. The van der Waals surface area contributed by atoms with Gasteiger partial charge in [-0.15, -0.1) is 5.10 Å². The van der Waals surface area contributed by atoms with Gasteiger partial charge in [0.05, 0.1) is 0 Å². The lowest BCUT2D eigenvalue weighted by molar-refractivity contribution is 0.881. The van der Waals surface area contributed by atoms with Gasteiger partial charge in [-0.2, -0.15) is 10.3 Å². The Balaban J connectivity index is 2.77. The van der Waals surface area contributed by atoms with E-state index in [1.807, 2.05) is 13.6 Å². The topological polar surface area (TPSA) is 54.5 Å². The molecule has 42 valence electrons. The fourth-order valence-corrected chi connectivity index (χ4v) is 0.414. The van der Waals surface area contributed by atoms with Crippen molar-refractivity contribution in [2.75, 3.05) is 0 Å². The predicted molar refractivity (Wildman–Crippen MR) is 31.3 cm³/mol. The van der Waals surface area contributed by atoms with Crippen molar-refractivity contribution >= 4 is 12.4 Å². The molecule has 0 fully saturated rings. The molecule has 0 radical (unpaired) electrons. The van der Waals surface area contributed by atoms with Gasteiger partial charge in [0.15, 0.2) is 0 Å². The maximum absolute atomic E-state index is 3.77. The summed E-state index contributed by atoms with van der Waals surface area (Å²) in [5.74, 6) is 0. The minimum absolute atomic E-state index is 0.369. The summed E-state index contributed by atoms with van der Waals surface area (Å²) in [5.41, 5.74) is 0.769. The van der Waals surface area contributed by atoms with Gasteiger partial charge < -0.3 is 0 Å². The normalized spacial score (nSPS) is 9.25. The summed E-state index contributed by atoms with van der Waals surface area (Å²) in [4.78, 5) is 0. The van der Waals surface area contributed by atoms with E-state index in [0.29, 0.717) is 6.71 Å². The zero-order chi connectivity index (χ0) is 5.98. The number of nitrogens with one attached hydrogen (secondary N) is 1. The Morgan fingerprint density at radius 1 is 1.50 bits per heavy atom. The van der Waals surface area contributed by atoms with Crippen LogP contribution in [0.15, 0.2) is 0 Å². The smallest absolute Gasteiger partial charge is 0.178 e. The van der Waals surface area contributed by atoms with Crippen LogP contribution in [0.25, 0.3) is 0 Å². The summed E-state index contributed by atoms with van der Waals surface area (Å²) in [6.07, 6.45) is 0. The van der Waals surface area contributed by atoms with Crippen LogP contribution in [-0.2, 0) is 0 Å². The number of rotatable bonds is 1. The third kappa shape index (κ3) is 0.855. The summed E-state index contributed by atoms with van der Waals surface area (Å²) >= 11 is 0. The van der Waals surface area contributed by atoms with Crippen molar-refractivity contribution < 1.29 is 0 Å². The lowest BCUT2D eigenvalue weighted by Crippen LogP contribution is -2.26. The molecule has 0 saturated heterocycles. The second-order valence-electron chi connectivity index (χ2n) is 1.92. The SMILES string of the molecule is CB(C)c1nn[nH]n1.